The summed E-state index contributed by atoms with van der Waals surface area (Å²) in [6.45, 7) is 18.9. The van der Waals surface area contributed by atoms with E-state index in [1.807, 2.05) is 127 Å². The van der Waals surface area contributed by atoms with E-state index in [2.05, 4.69) is 43.3 Å². The number of aliphatic carboxylic acids is 1. The van der Waals surface area contributed by atoms with Crippen molar-refractivity contribution in [1.82, 2.24) is 41.4 Å². The lowest BCUT2D eigenvalue weighted by atomic mass is 9.76. The number of para-hydroxylation sites is 1. The van der Waals surface area contributed by atoms with Crippen molar-refractivity contribution in [2.45, 2.75) is 163 Å². The number of hydrogen-bond donors (Lipinski definition) is 9. The van der Waals surface area contributed by atoms with E-state index in [9.17, 15) is 48.3 Å². The SMILES string of the molecule is CNC(C(=O)N[C@H](C(=O)N(C)[C@H](/C=C(\C)C(=O)O)C(C)C)C(C)(C)C)C(C)(C)c1cn(C)c2cc(CNC(=O)OCc3ccc(NC(=O)[C@H](CCCNC(N)=O)NC(=O)[C@@H](NC(=O)CCC(=O)N4Cc5ccccc5C5=C(CC5)c5ccccc54)C(C)C)cc3)ccc12. The van der Waals surface area contributed by atoms with Crippen molar-refractivity contribution >= 4 is 87.0 Å². The molecule has 1 unspecified atom stereocenters. The Kier molecular flexibility index (Phi) is 23.6. The summed E-state index contributed by atoms with van der Waals surface area (Å²) in [4.78, 5) is 124. The Morgan fingerprint density at radius 1 is 0.753 bits per heavy atom. The molecule has 9 amide bonds. The third-order valence-electron chi connectivity index (χ3n) is 17.6. The number of carboxylic acid groups (broad SMARTS) is 1. The number of ether oxygens (including phenoxy) is 1. The van der Waals surface area contributed by atoms with Crippen LogP contribution in [-0.2, 0) is 70.5 Å². The maximum Gasteiger partial charge on any atom is 0.407 e. The molecule has 0 saturated heterocycles. The zero-order valence-corrected chi connectivity index (χ0v) is 55.9. The van der Waals surface area contributed by atoms with Gasteiger partial charge in [-0.05, 0) is 120 Å². The van der Waals surface area contributed by atoms with E-state index in [4.69, 9.17) is 10.5 Å². The third-order valence-corrected chi connectivity index (χ3v) is 17.6. The number of aromatic nitrogens is 1. The fraction of sp³-hybridized carbons (Fsp3) is 0.451. The zero-order valence-electron chi connectivity index (χ0n) is 55.9. The normalized spacial score (nSPS) is 14.7. The van der Waals surface area contributed by atoms with E-state index in [0.29, 0.717) is 17.8 Å². The minimum Gasteiger partial charge on any atom is -0.478 e. The Hall–Kier alpha value is -9.31. The summed E-state index contributed by atoms with van der Waals surface area (Å²) >= 11 is 0. The van der Waals surface area contributed by atoms with E-state index < -0.39 is 82.8 Å². The standard InChI is InChI=1S/C71H93N11O11/c1-41(2)56(35-43(5)67(89)90)81(13)66(88)62(70(6,7)8)79-65(87)61(73-11)71(9,10)53-39-80(12)57-36-45(26-29-52(53)57)37-75-69(92)93-40-44-24-27-47(28-25-44)76-63(85)54(22-18-34-74-68(72)91)77-64(86)60(42(3)4)78-58(83)32-33-59(84)82-38-46-19-14-15-20-48(46)49-30-31-50(49)51-21-16-17-23-55(51)82/h14-17,19-21,23-29,35-36,39,41-42,54,56,60-62,73H,18,22,30-34,37-38,40H2,1-13H3,(H,75,92)(H,76,85)(H,77,86)(H,78,83)(H,79,87)(H,89,90)(H3,72,74,91)/b43-35+/t54-,56+,60-,61?,62+/m0/s1. The van der Waals surface area contributed by atoms with Gasteiger partial charge in [0.15, 0.2) is 0 Å². The number of primary amides is 1. The van der Waals surface area contributed by atoms with Gasteiger partial charge < -0.3 is 67.2 Å². The van der Waals surface area contributed by atoms with Crippen LogP contribution in [0.4, 0.5) is 21.0 Å². The van der Waals surface area contributed by atoms with Crippen molar-refractivity contribution < 1.29 is 53.0 Å². The number of aryl methyl sites for hydroxylation is 1. The highest BCUT2D eigenvalue weighted by Gasteiger charge is 2.43. The summed E-state index contributed by atoms with van der Waals surface area (Å²) in [6.07, 6.45) is 4.82. The molecule has 1 aliphatic carbocycles. The van der Waals surface area contributed by atoms with Gasteiger partial charge in [0.25, 0.3) is 0 Å². The molecule has 2 aliphatic rings. The highest BCUT2D eigenvalue weighted by Crippen LogP contribution is 2.48. The quantitative estimate of drug-likeness (QED) is 0.0176. The molecule has 22 heteroatoms. The number of carboxylic acids is 1. The first-order chi connectivity index (χ1) is 43.9. The highest BCUT2D eigenvalue weighted by molar-refractivity contribution is 6.06. The number of benzene rings is 4. The molecule has 10 N–H and O–H groups in total. The number of nitrogens with one attached hydrogen (secondary N) is 7. The van der Waals surface area contributed by atoms with Crippen LogP contribution in [0.25, 0.3) is 22.0 Å². The Labute approximate surface area is 545 Å². The zero-order chi connectivity index (χ0) is 68.2. The minimum atomic E-state index is -1.10. The predicted octanol–water partition coefficient (Wildman–Crippen LogP) is 8.56. The summed E-state index contributed by atoms with van der Waals surface area (Å²) in [5.41, 5.74) is 13.9. The highest BCUT2D eigenvalue weighted by atomic mass is 16.5. The number of amides is 9. The third kappa shape index (κ3) is 17.6. The van der Waals surface area contributed by atoms with Gasteiger partial charge >= 0.3 is 18.1 Å². The molecule has 1 aliphatic heterocycles. The lowest BCUT2D eigenvalue weighted by Crippen LogP contribution is -2.61. The van der Waals surface area contributed by atoms with Crippen LogP contribution in [0.15, 0.2) is 109 Å². The second kappa shape index (κ2) is 30.9. The van der Waals surface area contributed by atoms with Crippen molar-refractivity contribution in [3.05, 3.63) is 142 Å². The van der Waals surface area contributed by atoms with E-state index in [1.165, 1.54) is 23.0 Å². The second-order valence-electron chi connectivity index (χ2n) is 26.6. The number of allylic oxidation sites excluding steroid dienone is 2. The van der Waals surface area contributed by atoms with Crippen molar-refractivity contribution in [3.63, 3.8) is 0 Å². The molecule has 0 bridgehead atoms. The minimum absolute atomic E-state index is 0.0961. The van der Waals surface area contributed by atoms with Gasteiger partial charge in [-0.2, -0.15) is 0 Å². The van der Waals surface area contributed by atoms with E-state index in [1.54, 1.807) is 63.2 Å². The monoisotopic (exact) mass is 1280 g/mol. The number of likely N-dealkylation sites (N-methyl/N-ethyl adjacent to an activating group) is 2. The molecule has 0 spiro atoms. The van der Waals surface area contributed by atoms with Gasteiger partial charge in [-0.3, -0.25) is 28.8 Å². The number of alkyl carbamates (subject to hydrolysis) is 1. The van der Waals surface area contributed by atoms with Crippen LogP contribution in [0.3, 0.4) is 0 Å². The largest absolute Gasteiger partial charge is 0.478 e. The molecule has 7 rings (SSSR count). The van der Waals surface area contributed by atoms with Crippen LogP contribution in [0.1, 0.15) is 141 Å². The Morgan fingerprint density at radius 2 is 1.40 bits per heavy atom. The van der Waals surface area contributed by atoms with Gasteiger partial charge in [-0.1, -0.05) is 135 Å². The van der Waals surface area contributed by atoms with Gasteiger partial charge in [-0.15, -0.1) is 0 Å². The van der Waals surface area contributed by atoms with Crippen LogP contribution < -0.4 is 47.9 Å². The number of carbonyl (C=O) groups excluding carboxylic acids is 8. The van der Waals surface area contributed by atoms with Crippen molar-refractivity contribution in [1.29, 1.82) is 0 Å². The van der Waals surface area contributed by atoms with Gasteiger partial charge in [-0.25, -0.2) is 14.4 Å². The molecule has 1 aromatic heterocycles. The smallest absolute Gasteiger partial charge is 0.407 e. The average Bonchev–Trinajstić information content (AvgIpc) is 1.62. The topological polar surface area (TPSA) is 305 Å². The van der Waals surface area contributed by atoms with Gasteiger partial charge in [0.05, 0.1) is 24.3 Å². The number of urea groups is 1. The summed E-state index contributed by atoms with van der Waals surface area (Å²) in [6, 6.07) is 23.1. The first-order valence-electron chi connectivity index (χ1n) is 31.8. The maximum absolute atomic E-state index is 14.4. The molecule has 22 nitrogen and oxygen atoms in total. The lowest BCUT2D eigenvalue weighted by molar-refractivity contribution is -0.141. The predicted molar refractivity (Wildman–Crippen MR) is 360 cm³/mol. The van der Waals surface area contributed by atoms with Crippen LogP contribution in [0.2, 0.25) is 0 Å². The molecule has 5 aromatic rings. The Balaban J connectivity index is 0.923. The molecule has 93 heavy (non-hydrogen) atoms. The molecule has 0 fully saturated rings. The molecule has 2 heterocycles. The summed E-state index contributed by atoms with van der Waals surface area (Å²) in [7, 11) is 5.22. The fourth-order valence-corrected chi connectivity index (χ4v) is 12.2. The number of hydrogen-bond acceptors (Lipinski definition) is 11. The number of fused-ring (bicyclic) bond motifs is 5. The number of nitrogens with two attached hydrogens (primary N) is 1. The maximum atomic E-state index is 14.4. The van der Waals surface area contributed by atoms with Crippen molar-refractivity contribution in [3.8, 4) is 0 Å². The van der Waals surface area contributed by atoms with Gasteiger partial charge in [0.1, 0.15) is 24.7 Å². The van der Waals surface area contributed by atoms with Crippen LogP contribution in [0.5, 0.6) is 0 Å². The van der Waals surface area contributed by atoms with E-state index in [0.717, 1.165) is 57.2 Å². The summed E-state index contributed by atoms with van der Waals surface area (Å²) < 4.78 is 7.52. The van der Waals surface area contributed by atoms with Crippen LogP contribution >= 0.6 is 0 Å². The number of carbonyl (C=O) groups is 9. The van der Waals surface area contributed by atoms with Crippen molar-refractivity contribution in [2.24, 2.45) is 30.0 Å². The van der Waals surface area contributed by atoms with Crippen LogP contribution in [-0.4, -0.2) is 119 Å². The molecule has 0 saturated carbocycles. The summed E-state index contributed by atoms with van der Waals surface area (Å²) in [5, 5.41) is 30.5. The van der Waals surface area contributed by atoms with Gasteiger partial charge in [0, 0.05) is 79.4 Å². The van der Waals surface area contributed by atoms with Crippen LogP contribution in [0, 0.1) is 17.3 Å². The second-order valence-corrected chi connectivity index (χ2v) is 26.6. The van der Waals surface area contributed by atoms with E-state index in [-0.39, 0.29) is 74.6 Å². The fourth-order valence-electron chi connectivity index (χ4n) is 12.2. The summed E-state index contributed by atoms with van der Waals surface area (Å²) in [5.74, 6) is -4.23. The first-order valence-corrected chi connectivity index (χ1v) is 31.8. The number of anilines is 2. The van der Waals surface area contributed by atoms with Gasteiger partial charge in [0.2, 0.25) is 35.4 Å². The molecule has 498 valence electrons. The average molecular weight is 1280 g/mol. The molecular formula is C71H93N11O11. The Morgan fingerprint density at radius 3 is 2.02 bits per heavy atom. The Bertz CT molecular complexity index is 3670. The molecule has 0 radical (unpaired) electrons. The van der Waals surface area contributed by atoms with Crippen molar-refractivity contribution in [2.75, 3.05) is 30.9 Å². The first kappa shape index (κ1) is 71.1. The molecule has 4 aromatic carbocycles. The molecular weight excluding hydrogens is 1180 g/mol. The lowest BCUT2D eigenvalue weighted by Gasteiger charge is -2.39. The van der Waals surface area contributed by atoms with E-state index >= 15 is 0 Å². The molecule has 5 atom stereocenters. The number of rotatable bonds is 27. The number of nitrogens with zero attached hydrogens (tertiary/aromatic N) is 3.